The molecule has 0 radical (unpaired) electrons. The molecule has 0 spiro atoms. The summed E-state index contributed by atoms with van der Waals surface area (Å²) in [5.41, 5.74) is -0.337. The molecule has 0 saturated carbocycles. The van der Waals surface area contributed by atoms with Crippen LogP contribution in [0.2, 0.25) is 0 Å². The summed E-state index contributed by atoms with van der Waals surface area (Å²) >= 11 is 0. The van der Waals surface area contributed by atoms with Gasteiger partial charge in [0.15, 0.2) is 17.2 Å². The number of nitrogens with zero attached hydrogens (tertiary/aromatic N) is 4. The van der Waals surface area contributed by atoms with E-state index in [1.165, 1.54) is 25.7 Å². The van der Waals surface area contributed by atoms with Gasteiger partial charge in [-0.25, -0.2) is 9.97 Å². The van der Waals surface area contributed by atoms with E-state index in [2.05, 4.69) is 20.4 Å². The number of aromatic nitrogens is 3. The summed E-state index contributed by atoms with van der Waals surface area (Å²) in [4.78, 5) is 19.8. The maximum atomic E-state index is 12.0. The number of aryl methyl sites for hydroxylation is 1. The molecule has 0 fully saturated rings. The highest BCUT2D eigenvalue weighted by Gasteiger charge is 2.20. The van der Waals surface area contributed by atoms with Crippen LogP contribution >= 0.6 is 0 Å². The molecule has 22 heavy (non-hydrogen) atoms. The second-order valence-electron chi connectivity index (χ2n) is 4.03. The monoisotopic (exact) mass is 301 g/mol. The smallest absolute Gasteiger partial charge is 0.271 e. The van der Waals surface area contributed by atoms with Crippen molar-refractivity contribution >= 4 is 17.5 Å². The van der Waals surface area contributed by atoms with Gasteiger partial charge in [-0.3, -0.25) is 4.79 Å². The number of aliphatic hydroxyl groups is 1. The van der Waals surface area contributed by atoms with Gasteiger partial charge in [0.05, 0.1) is 31.3 Å². The number of nitrogens with one attached hydrogen (secondary N) is 1. The average Bonchev–Trinajstić information content (AvgIpc) is 2.94. The van der Waals surface area contributed by atoms with Gasteiger partial charge in [-0.05, 0) is 6.92 Å². The minimum Gasteiger partial charge on any atom is -0.506 e. The summed E-state index contributed by atoms with van der Waals surface area (Å²) < 4.78 is 9.62. The summed E-state index contributed by atoms with van der Waals surface area (Å²) in [6.45, 7) is 1.54. The van der Waals surface area contributed by atoms with Crippen molar-refractivity contribution in [2.24, 2.45) is 0 Å². The number of aliphatic hydroxyl groups excluding tert-OH is 1. The normalized spacial score (nSPS) is 11.3. The van der Waals surface area contributed by atoms with Crippen LogP contribution < -0.4 is 10.1 Å². The number of ether oxygens (including phenoxy) is 1. The molecule has 112 valence electrons. The minimum atomic E-state index is -0.833. The van der Waals surface area contributed by atoms with Gasteiger partial charge < -0.3 is 19.7 Å². The van der Waals surface area contributed by atoms with E-state index in [1.54, 1.807) is 13.0 Å². The van der Waals surface area contributed by atoms with E-state index < -0.39 is 17.2 Å². The zero-order chi connectivity index (χ0) is 16.1. The van der Waals surface area contributed by atoms with E-state index in [0.717, 1.165) is 0 Å². The molecule has 9 heteroatoms. The Morgan fingerprint density at radius 2 is 2.18 bits per heavy atom. The molecule has 1 amide bonds. The summed E-state index contributed by atoms with van der Waals surface area (Å²) in [5.74, 6) is -0.701. The van der Waals surface area contributed by atoms with Crippen molar-refractivity contribution in [1.82, 2.24) is 15.1 Å². The molecule has 2 rings (SSSR count). The Bertz CT molecular complexity index is 757. The number of methoxy groups -OCH3 is 1. The molecule has 2 N–H and O–H groups in total. The number of hydrogen-bond acceptors (Lipinski definition) is 8. The van der Waals surface area contributed by atoms with Crippen LogP contribution in [0.25, 0.3) is 5.76 Å². The van der Waals surface area contributed by atoms with Crippen LogP contribution in [0.15, 0.2) is 28.7 Å². The first-order chi connectivity index (χ1) is 10.6. The highest BCUT2D eigenvalue weighted by atomic mass is 16.5. The number of carbonyl (C=O) groups is 1. The van der Waals surface area contributed by atoms with Crippen molar-refractivity contribution in [3.63, 3.8) is 0 Å². The van der Waals surface area contributed by atoms with Crippen LogP contribution in [0, 0.1) is 18.3 Å². The fourth-order valence-corrected chi connectivity index (χ4v) is 1.54. The van der Waals surface area contributed by atoms with Crippen molar-refractivity contribution in [3.05, 3.63) is 35.5 Å². The molecule has 2 aromatic rings. The van der Waals surface area contributed by atoms with Gasteiger partial charge in [0, 0.05) is 0 Å². The summed E-state index contributed by atoms with van der Waals surface area (Å²) in [6.07, 6.45) is 3.77. The van der Waals surface area contributed by atoms with Gasteiger partial charge in [0.25, 0.3) is 5.91 Å². The molecule has 0 aliphatic rings. The van der Waals surface area contributed by atoms with Crippen molar-refractivity contribution in [1.29, 1.82) is 5.26 Å². The molecular formula is C13H11N5O4. The van der Waals surface area contributed by atoms with Crippen LogP contribution in [0.1, 0.15) is 11.3 Å². The summed E-state index contributed by atoms with van der Waals surface area (Å²) in [7, 11) is 1.43. The van der Waals surface area contributed by atoms with Crippen molar-refractivity contribution in [3.8, 4) is 11.9 Å². The van der Waals surface area contributed by atoms with Crippen LogP contribution in [0.3, 0.4) is 0 Å². The van der Waals surface area contributed by atoms with E-state index in [4.69, 9.17) is 14.5 Å². The third kappa shape index (κ3) is 3.01. The second-order valence-corrected chi connectivity index (χ2v) is 4.03. The molecule has 2 heterocycles. The Morgan fingerprint density at radius 3 is 2.68 bits per heavy atom. The van der Waals surface area contributed by atoms with E-state index >= 15 is 0 Å². The van der Waals surface area contributed by atoms with Gasteiger partial charge in [-0.15, -0.1) is 0 Å². The molecule has 2 aromatic heterocycles. The number of rotatable bonds is 4. The fraction of sp³-hybridized carbons (Fsp3) is 0.154. The molecule has 0 bridgehead atoms. The largest absolute Gasteiger partial charge is 0.506 e. The first-order valence-corrected chi connectivity index (χ1v) is 5.99. The number of nitriles is 1. The lowest BCUT2D eigenvalue weighted by Gasteiger charge is -2.05. The SMILES string of the molecule is COc1cnc(NC(=O)/C(C#N)=C(\O)c2cnoc2C)cn1. The van der Waals surface area contributed by atoms with E-state index in [0.29, 0.717) is 0 Å². The van der Waals surface area contributed by atoms with Gasteiger partial charge in [-0.1, -0.05) is 5.16 Å². The predicted octanol–water partition coefficient (Wildman–Crippen LogP) is 1.21. The van der Waals surface area contributed by atoms with Gasteiger partial charge >= 0.3 is 0 Å². The van der Waals surface area contributed by atoms with Crippen molar-refractivity contribution < 1.29 is 19.2 Å². The van der Waals surface area contributed by atoms with Crippen LogP contribution in [-0.2, 0) is 4.79 Å². The molecule has 0 aliphatic heterocycles. The van der Waals surface area contributed by atoms with Gasteiger partial charge in [0.1, 0.15) is 11.8 Å². The maximum absolute atomic E-state index is 12.0. The molecular weight excluding hydrogens is 290 g/mol. The standard InChI is InChI=1S/C13H11N5O4/c1-7-9(4-17-22-7)12(19)8(3-14)13(20)18-10-5-16-11(21-2)6-15-10/h4-6,19H,1-2H3,(H,15,18,20)/b12-8-. The Kier molecular flexibility index (Phi) is 4.33. The van der Waals surface area contributed by atoms with Crippen LogP contribution in [0.4, 0.5) is 5.82 Å². The number of anilines is 1. The molecule has 9 nitrogen and oxygen atoms in total. The van der Waals surface area contributed by atoms with Crippen molar-refractivity contribution in [2.75, 3.05) is 12.4 Å². The number of carbonyl (C=O) groups excluding carboxylic acids is 1. The first kappa shape index (κ1) is 15.0. The van der Waals surface area contributed by atoms with E-state index in [9.17, 15) is 9.90 Å². The van der Waals surface area contributed by atoms with E-state index in [-0.39, 0.29) is 23.0 Å². The predicted molar refractivity (Wildman–Crippen MR) is 73.6 cm³/mol. The first-order valence-electron chi connectivity index (χ1n) is 5.99. The molecule has 0 aromatic carbocycles. The lowest BCUT2D eigenvalue weighted by Crippen LogP contribution is -2.16. The lowest BCUT2D eigenvalue weighted by atomic mass is 10.1. The third-order valence-electron chi connectivity index (χ3n) is 2.66. The number of hydrogen-bond donors (Lipinski definition) is 2. The quantitative estimate of drug-likeness (QED) is 0.489. The van der Waals surface area contributed by atoms with Crippen molar-refractivity contribution in [2.45, 2.75) is 6.92 Å². The zero-order valence-electron chi connectivity index (χ0n) is 11.7. The summed E-state index contributed by atoms with van der Waals surface area (Å²) in [6, 6.07) is 1.64. The average molecular weight is 301 g/mol. The Labute approximate surface area is 124 Å². The molecule has 0 atom stereocenters. The molecule has 0 saturated heterocycles. The second kappa shape index (κ2) is 6.36. The van der Waals surface area contributed by atoms with Crippen LogP contribution in [0.5, 0.6) is 5.88 Å². The van der Waals surface area contributed by atoms with E-state index in [1.807, 2.05) is 0 Å². The minimum absolute atomic E-state index is 0.105. The summed E-state index contributed by atoms with van der Waals surface area (Å²) in [5, 5.41) is 24.9. The lowest BCUT2D eigenvalue weighted by molar-refractivity contribution is -0.112. The Balaban J connectivity index is 2.26. The van der Waals surface area contributed by atoms with Gasteiger partial charge in [-0.2, -0.15) is 5.26 Å². The Hall–Kier alpha value is -3.41. The maximum Gasteiger partial charge on any atom is 0.271 e. The highest BCUT2D eigenvalue weighted by molar-refractivity contribution is 6.10. The van der Waals surface area contributed by atoms with Crippen LogP contribution in [-0.4, -0.2) is 33.2 Å². The topological polar surface area (TPSA) is 134 Å². The highest BCUT2D eigenvalue weighted by Crippen LogP contribution is 2.20. The third-order valence-corrected chi connectivity index (χ3v) is 2.66. The Morgan fingerprint density at radius 1 is 1.41 bits per heavy atom. The molecule has 0 unspecified atom stereocenters. The zero-order valence-corrected chi connectivity index (χ0v) is 11.7. The van der Waals surface area contributed by atoms with Gasteiger partial charge in [0.2, 0.25) is 5.88 Å². The fourth-order valence-electron chi connectivity index (χ4n) is 1.54. The number of amides is 1. The molecule has 0 aliphatic carbocycles.